The number of alkyl halides is 4. The maximum Gasteiger partial charge on any atom is 0.337 e. The predicted molar refractivity (Wildman–Crippen MR) is 62.3 cm³/mol. The van der Waals surface area contributed by atoms with E-state index in [9.17, 15) is 27.2 Å². The Hall–Kier alpha value is -1.92. The number of carbonyl (C=O) groups excluding carboxylic acids is 2. The van der Waals surface area contributed by atoms with Crippen LogP contribution in [-0.4, -0.2) is 31.2 Å². The summed E-state index contributed by atoms with van der Waals surface area (Å²) in [6.45, 7) is 0. The molecule has 7 heteroatoms. The maximum absolute atomic E-state index is 12.7. The molecule has 0 radical (unpaired) electrons. The first-order valence-electron chi connectivity index (χ1n) is 5.65. The van der Waals surface area contributed by atoms with E-state index in [1.165, 1.54) is 31.4 Å². The Balaban J connectivity index is 2.67. The lowest BCUT2D eigenvalue weighted by Crippen LogP contribution is -2.27. The van der Waals surface area contributed by atoms with Crippen molar-refractivity contribution in [3.63, 3.8) is 0 Å². The molecule has 0 aliphatic carbocycles. The van der Waals surface area contributed by atoms with Gasteiger partial charge in [-0.1, -0.05) is 12.1 Å². The van der Waals surface area contributed by atoms with Crippen LogP contribution in [0, 0.1) is 0 Å². The number of carbonyl (C=O) groups is 2. The Kier molecular flexibility index (Phi) is 5.24. The van der Waals surface area contributed by atoms with E-state index in [0.29, 0.717) is 0 Å². The number of ketones is 1. The SMILES string of the molecule is COC(=O)c1ccc(C(=O)CCC(F)(F)C(F)F)cc1. The largest absolute Gasteiger partial charge is 0.465 e. The molecule has 0 aliphatic heterocycles. The number of Topliss-reactive ketones (excluding diaryl/α,β-unsaturated/α-hetero) is 1. The van der Waals surface area contributed by atoms with Gasteiger partial charge in [0, 0.05) is 18.4 Å². The predicted octanol–water partition coefficient (Wildman–Crippen LogP) is 3.34. The first kappa shape index (κ1) is 16.1. The highest BCUT2D eigenvalue weighted by molar-refractivity contribution is 5.97. The molecule has 0 N–H and O–H groups in total. The van der Waals surface area contributed by atoms with E-state index in [0.717, 1.165) is 0 Å². The standard InChI is InChI=1S/C13H12F4O3/c1-20-11(19)9-4-2-8(3-5-9)10(18)6-7-13(16,17)12(14)15/h2-5,12H,6-7H2,1H3. The van der Waals surface area contributed by atoms with Gasteiger partial charge in [0.25, 0.3) is 0 Å². The average molecular weight is 292 g/mol. The van der Waals surface area contributed by atoms with E-state index in [2.05, 4.69) is 4.74 Å². The molecule has 0 saturated heterocycles. The maximum atomic E-state index is 12.7. The van der Waals surface area contributed by atoms with E-state index in [4.69, 9.17) is 0 Å². The molecule has 1 aromatic rings. The Morgan fingerprint density at radius 1 is 1.15 bits per heavy atom. The number of hydrogen-bond donors (Lipinski definition) is 0. The molecule has 0 amide bonds. The van der Waals surface area contributed by atoms with Crippen LogP contribution in [0.1, 0.15) is 33.6 Å². The van der Waals surface area contributed by atoms with Crippen LogP contribution < -0.4 is 0 Å². The Labute approximate surface area is 112 Å². The van der Waals surface area contributed by atoms with Crippen LogP contribution in [0.3, 0.4) is 0 Å². The summed E-state index contributed by atoms with van der Waals surface area (Å²) in [6, 6.07) is 5.11. The monoisotopic (exact) mass is 292 g/mol. The second kappa shape index (κ2) is 6.49. The number of halogens is 4. The van der Waals surface area contributed by atoms with Crippen molar-refractivity contribution in [1.29, 1.82) is 0 Å². The Morgan fingerprint density at radius 2 is 1.65 bits per heavy atom. The molecule has 110 valence electrons. The number of esters is 1. The number of methoxy groups -OCH3 is 1. The summed E-state index contributed by atoms with van der Waals surface area (Å²) in [7, 11) is 1.19. The lowest BCUT2D eigenvalue weighted by Gasteiger charge is -2.14. The van der Waals surface area contributed by atoms with Gasteiger partial charge >= 0.3 is 18.3 Å². The minimum Gasteiger partial charge on any atom is -0.465 e. The van der Waals surface area contributed by atoms with Crippen molar-refractivity contribution in [1.82, 2.24) is 0 Å². The van der Waals surface area contributed by atoms with Crippen LogP contribution in [-0.2, 0) is 4.74 Å². The van der Waals surface area contributed by atoms with Gasteiger partial charge in [-0.25, -0.2) is 22.4 Å². The number of hydrogen-bond acceptors (Lipinski definition) is 3. The quantitative estimate of drug-likeness (QED) is 0.459. The Bertz CT molecular complexity index is 483. The van der Waals surface area contributed by atoms with Crippen molar-refractivity contribution in [2.75, 3.05) is 7.11 Å². The lowest BCUT2D eigenvalue weighted by atomic mass is 10.0. The third-order valence-corrected chi connectivity index (χ3v) is 2.63. The first-order chi connectivity index (χ1) is 9.27. The molecular formula is C13H12F4O3. The van der Waals surface area contributed by atoms with Crippen molar-refractivity contribution in [3.05, 3.63) is 35.4 Å². The van der Waals surface area contributed by atoms with Crippen LogP contribution in [0.25, 0.3) is 0 Å². The summed E-state index contributed by atoms with van der Waals surface area (Å²) in [6.07, 6.45) is -5.71. The summed E-state index contributed by atoms with van der Waals surface area (Å²) in [5, 5.41) is 0. The van der Waals surface area contributed by atoms with Crippen LogP contribution in [0.2, 0.25) is 0 Å². The highest BCUT2D eigenvalue weighted by Gasteiger charge is 2.40. The van der Waals surface area contributed by atoms with Gasteiger partial charge in [-0.05, 0) is 12.1 Å². The molecular weight excluding hydrogens is 280 g/mol. The van der Waals surface area contributed by atoms with E-state index in [1.807, 2.05) is 0 Å². The van der Waals surface area contributed by atoms with Crippen LogP contribution in [0.4, 0.5) is 17.6 Å². The van der Waals surface area contributed by atoms with Crippen molar-refractivity contribution < 1.29 is 31.9 Å². The molecule has 20 heavy (non-hydrogen) atoms. The zero-order valence-corrected chi connectivity index (χ0v) is 10.5. The minimum atomic E-state index is -4.18. The molecule has 0 aliphatic rings. The van der Waals surface area contributed by atoms with E-state index in [-0.39, 0.29) is 11.1 Å². The van der Waals surface area contributed by atoms with Crippen LogP contribution in [0.15, 0.2) is 24.3 Å². The summed E-state index contributed by atoms with van der Waals surface area (Å²) in [5.41, 5.74) is 0.268. The van der Waals surface area contributed by atoms with Gasteiger partial charge in [0.05, 0.1) is 12.7 Å². The van der Waals surface area contributed by atoms with Crippen molar-refractivity contribution in [2.45, 2.75) is 25.2 Å². The highest BCUT2D eigenvalue weighted by atomic mass is 19.3. The third kappa shape index (κ3) is 4.04. The van der Waals surface area contributed by atoms with Gasteiger partial charge in [-0.3, -0.25) is 4.79 Å². The fourth-order valence-electron chi connectivity index (χ4n) is 1.44. The van der Waals surface area contributed by atoms with E-state index < -0.39 is 36.9 Å². The zero-order chi connectivity index (χ0) is 15.3. The van der Waals surface area contributed by atoms with Crippen molar-refractivity contribution >= 4 is 11.8 Å². The van der Waals surface area contributed by atoms with Crippen molar-refractivity contribution in [2.24, 2.45) is 0 Å². The Morgan fingerprint density at radius 3 is 2.10 bits per heavy atom. The van der Waals surface area contributed by atoms with E-state index in [1.54, 1.807) is 0 Å². The summed E-state index contributed by atoms with van der Waals surface area (Å²) >= 11 is 0. The summed E-state index contributed by atoms with van der Waals surface area (Å²) in [5.74, 6) is -5.48. The summed E-state index contributed by atoms with van der Waals surface area (Å²) < 4.78 is 53.7. The third-order valence-electron chi connectivity index (χ3n) is 2.63. The molecule has 1 rings (SSSR count). The van der Waals surface area contributed by atoms with Crippen molar-refractivity contribution in [3.8, 4) is 0 Å². The molecule has 0 saturated carbocycles. The molecule has 0 bridgehead atoms. The van der Waals surface area contributed by atoms with E-state index >= 15 is 0 Å². The fraction of sp³-hybridized carbons (Fsp3) is 0.385. The molecule has 0 heterocycles. The summed E-state index contributed by atoms with van der Waals surface area (Å²) in [4.78, 5) is 22.7. The first-order valence-corrected chi connectivity index (χ1v) is 5.65. The molecule has 0 fully saturated rings. The number of ether oxygens (including phenoxy) is 1. The van der Waals surface area contributed by atoms with Gasteiger partial charge < -0.3 is 4.74 Å². The average Bonchev–Trinajstić information content (AvgIpc) is 2.44. The molecule has 1 aromatic carbocycles. The molecule has 0 spiro atoms. The number of benzene rings is 1. The van der Waals surface area contributed by atoms with Gasteiger partial charge in [-0.15, -0.1) is 0 Å². The van der Waals surface area contributed by atoms with Gasteiger partial charge in [0.15, 0.2) is 5.78 Å². The topological polar surface area (TPSA) is 43.4 Å². The fourth-order valence-corrected chi connectivity index (χ4v) is 1.44. The van der Waals surface area contributed by atoms with Gasteiger partial charge in [-0.2, -0.15) is 0 Å². The second-order valence-corrected chi connectivity index (χ2v) is 4.05. The molecule has 0 unspecified atom stereocenters. The molecule has 0 aromatic heterocycles. The smallest absolute Gasteiger partial charge is 0.337 e. The molecule has 0 atom stereocenters. The van der Waals surface area contributed by atoms with Crippen LogP contribution >= 0.6 is 0 Å². The van der Waals surface area contributed by atoms with Gasteiger partial charge in [0.2, 0.25) is 0 Å². The zero-order valence-electron chi connectivity index (χ0n) is 10.5. The normalized spacial score (nSPS) is 11.5. The number of rotatable bonds is 6. The second-order valence-electron chi connectivity index (χ2n) is 4.05. The molecule has 3 nitrogen and oxygen atoms in total. The van der Waals surface area contributed by atoms with Gasteiger partial charge in [0.1, 0.15) is 0 Å². The minimum absolute atomic E-state index is 0.0720. The highest BCUT2D eigenvalue weighted by Crippen LogP contribution is 2.28. The lowest BCUT2D eigenvalue weighted by molar-refractivity contribution is -0.132. The van der Waals surface area contributed by atoms with Crippen LogP contribution in [0.5, 0.6) is 0 Å².